The van der Waals surface area contributed by atoms with Crippen LogP contribution in [-0.4, -0.2) is 0 Å². The van der Waals surface area contributed by atoms with Gasteiger partial charge >= 0.3 is 0 Å². The standard InChI is InChI=1S/C48H39NS/c1-5-14-35(15-6-1)36-22-26-40(27-23-36)49(41-28-24-39(25-29-41)48(32-11-4-12-33-48)38-18-9-3-10-19-38)42-30-31-45-44(34-42)47-43(20-13-21-46(47)50-45)37-16-7-2-8-17-37/h1-3,5-10,13-31,34H,4,11-12,32-33H2. The Labute approximate surface area is 299 Å². The number of fused-ring (bicyclic) bond motifs is 3. The molecule has 242 valence electrons. The lowest BCUT2D eigenvalue weighted by atomic mass is 9.65. The van der Waals surface area contributed by atoms with Gasteiger partial charge in [-0.2, -0.15) is 0 Å². The predicted octanol–water partition coefficient (Wildman–Crippen LogP) is 14.1. The Hall–Kier alpha value is -5.44. The highest BCUT2D eigenvalue weighted by Gasteiger charge is 2.35. The number of nitrogens with zero attached hydrogens (tertiary/aromatic N) is 1. The highest BCUT2D eigenvalue weighted by molar-refractivity contribution is 7.26. The first kappa shape index (κ1) is 30.6. The van der Waals surface area contributed by atoms with Crippen molar-refractivity contribution in [3.8, 4) is 22.3 Å². The highest BCUT2D eigenvalue weighted by atomic mass is 32.1. The lowest BCUT2D eigenvalue weighted by Gasteiger charge is -2.39. The first-order valence-corrected chi connectivity index (χ1v) is 18.7. The molecule has 0 amide bonds. The molecular formula is C48H39NS. The summed E-state index contributed by atoms with van der Waals surface area (Å²) in [6.07, 6.45) is 6.27. The van der Waals surface area contributed by atoms with Gasteiger partial charge in [0.1, 0.15) is 0 Å². The summed E-state index contributed by atoms with van der Waals surface area (Å²) >= 11 is 1.88. The third-order valence-corrected chi connectivity index (χ3v) is 11.9. The minimum atomic E-state index is 0.0720. The predicted molar refractivity (Wildman–Crippen MR) is 215 cm³/mol. The summed E-state index contributed by atoms with van der Waals surface area (Å²) in [5.74, 6) is 0. The van der Waals surface area contributed by atoms with E-state index >= 15 is 0 Å². The SMILES string of the molecule is c1ccc(-c2ccc(N(c3ccc(C4(c5ccccc5)CCCCC4)cc3)c3ccc4sc5cccc(-c6ccccc6)c5c4c3)cc2)cc1. The molecule has 1 fully saturated rings. The van der Waals surface area contributed by atoms with Crippen LogP contribution in [-0.2, 0) is 5.41 Å². The van der Waals surface area contributed by atoms with Crippen LogP contribution in [0.3, 0.4) is 0 Å². The van der Waals surface area contributed by atoms with Crippen LogP contribution in [0.5, 0.6) is 0 Å². The van der Waals surface area contributed by atoms with E-state index in [-0.39, 0.29) is 5.41 Å². The van der Waals surface area contributed by atoms with E-state index < -0.39 is 0 Å². The summed E-state index contributed by atoms with van der Waals surface area (Å²) in [4.78, 5) is 2.43. The summed E-state index contributed by atoms with van der Waals surface area (Å²) in [6, 6.07) is 65.0. The molecule has 1 aliphatic rings. The van der Waals surface area contributed by atoms with Crippen LogP contribution in [0.4, 0.5) is 17.1 Å². The van der Waals surface area contributed by atoms with E-state index in [1.807, 2.05) is 11.3 Å². The third-order valence-electron chi connectivity index (χ3n) is 10.8. The molecule has 0 bridgehead atoms. The Morgan fingerprint density at radius 3 is 1.66 bits per heavy atom. The Kier molecular flexibility index (Phi) is 8.03. The van der Waals surface area contributed by atoms with E-state index in [1.165, 1.54) is 91.3 Å². The van der Waals surface area contributed by atoms with Gasteiger partial charge in [0.15, 0.2) is 0 Å². The first-order chi connectivity index (χ1) is 24.8. The average Bonchev–Trinajstić information content (AvgIpc) is 3.58. The molecule has 1 nitrogen and oxygen atoms in total. The van der Waals surface area contributed by atoms with Gasteiger partial charge in [-0.15, -0.1) is 11.3 Å². The van der Waals surface area contributed by atoms with E-state index in [2.05, 4.69) is 181 Å². The zero-order valence-electron chi connectivity index (χ0n) is 28.1. The van der Waals surface area contributed by atoms with Crippen LogP contribution in [0, 0.1) is 0 Å². The van der Waals surface area contributed by atoms with E-state index in [0.717, 1.165) is 11.4 Å². The van der Waals surface area contributed by atoms with Gasteiger partial charge in [-0.25, -0.2) is 0 Å². The fraction of sp³-hybridized carbons (Fsp3) is 0.125. The molecule has 0 unspecified atom stereocenters. The molecule has 0 radical (unpaired) electrons. The molecule has 1 saturated carbocycles. The molecule has 0 saturated heterocycles. The molecule has 0 spiro atoms. The number of hydrogen-bond donors (Lipinski definition) is 0. The van der Waals surface area contributed by atoms with Crippen LogP contribution < -0.4 is 4.90 Å². The maximum absolute atomic E-state index is 2.43. The fourth-order valence-electron chi connectivity index (χ4n) is 8.28. The van der Waals surface area contributed by atoms with E-state index in [1.54, 1.807) is 0 Å². The van der Waals surface area contributed by atoms with Crippen molar-refractivity contribution in [1.29, 1.82) is 0 Å². The van der Waals surface area contributed by atoms with Crippen LogP contribution >= 0.6 is 11.3 Å². The van der Waals surface area contributed by atoms with Gasteiger partial charge in [-0.1, -0.05) is 147 Å². The minimum Gasteiger partial charge on any atom is -0.310 e. The van der Waals surface area contributed by atoms with Crippen LogP contribution in [0.25, 0.3) is 42.4 Å². The highest BCUT2D eigenvalue weighted by Crippen LogP contribution is 2.47. The van der Waals surface area contributed by atoms with Crippen molar-refractivity contribution in [2.24, 2.45) is 0 Å². The lowest BCUT2D eigenvalue weighted by molar-refractivity contribution is 0.346. The second-order valence-corrected chi connectivity index (χ2v) is 14.7. The Morgan fingerprint density at radius 2 is 0.980 bits per heavy atom. The van der Waals surface area contributed by atoms with Gasteiger partial charge in [0.2, 0.25) is 0 Å². The molecule has 2 heteroatoms. The van der Waals surface area contributed by atoms with Gasteiger partial charge in [0.25, 0.3) is 0 Å². The minimum absolute atomic E-state index is 0.0720. The van der Waals surface area contributed by atoms with Crippen molar-refractivity contribution in [1.82, 2.24) is 0 Å². The van der Waals surface area contributed by atoms with Crippen LogP contribution in [0.1, 0.15) is 43.2 Å². The summed E-state index contributed by atoms with van der Waals surface area (Å²) in [7, 11) is 0. The van der Waals surface area contributed by atoms with Crippen molar-refractivity contribution < 1.29 is 0 Å². The van der Waals surface area contributed by atoms with Gasteiger partial charge in [-0.05, 0) is 94.8 Å². The molecule has 50 heavy (non-hydrogen) atoms. The van der Waals surface area contributed by atoms with Gasteiger partial charge in [0.05, 0.1) is 0 Å². The summed E-state index contributed by atoms with van der Waals surface area (Å²) in [6.45, 7) is 0. The largest absolute Gasteiger partial charge is 0.310 e. The van der Waals surface area contributed by atoms with Crippen molar-refractivity contribution >= 4 is 48.6 Å². The number of benzene rings is 7. The maximum atomic E-state index is 2.43. The van der Waals surface area contributed by atoms with Crippen LogP contribution in [0.15, 0.2) is 176 Å². The van der Waals surface area contributed by atoms with Crippen molar-refractivity contribution in [3.05, 3.63) is 187 Å². The van der Waals surface area contributed by atoms with Crippen molar-refractivity contribution in [2.45, 2.75) is 37.5 Å². The first-order valence-electron chi connectivity index (χ1n) is 17.9. The third kappa shape index (κ3) is 5.50. The molecule has 9 rings (SSSR count). The number of anilines is 3. The maximum Gasteiger partial charge on any atom is 0.0468 e. The molecule has 1 aromatic heterocycles. The zero-order valence-corrected chi connectivity index (χ0v) is 29.0. The summed E-state index contributed by atoms with van der Waals surface area (Å²) < 4.78 is 2.63. The van der Waals surface area contributed by atoms with E-state index in [4.69, 9.17) is 0 Å². The van der Waals surface area contributed by atoms with Gasteiger partial charge in [-0.3, -0.25) is 0 Å². The number of hydrogen-bond acceptors (Lipinski definition) is 2. The molecule has 0 atom stereocenters. The van der Waals surface area contributed by atoms with Crippen LogP contribution in [0.2, 0.25) is 0 Å². The van der Waals surface area contributed by atoms with E-state index in [9.17, 15) is 0 Å². The van der Waals surface area contributed by atoms with E-state index in [0.29, 0.717) is 0 Å². The molecule has 8 aromatic rings. The molecule has 1 aliphatic carbocycles. The normalized spacial score (nSPS) is 14.2. The molecular weight excluding hydrogens is 623 g/mol. The molecule has 0 aliphatic heterocycles. The fourth-order valence-corrected chi connectivity index (χ4v) is 9.39. The summed E-state index contributed by atoms with van der Waals surface area (Å²) in [5, 5.41) is 2.63. The lowest BCUT2D eigenvalue weighted by Crippen LogP contribution is -2.30. The average molecular weight is 662 g/mol. The van der Waals surface area contributed by atoms with Crippen molar-refractivity contribution in [3.63, 3.8) is 0 Å². The van der Waals surface area contributed by atoms with Gasteiger partial charge < -0.3 is 4.90 Å². The van der Waals surface area contributed by atoms with Gasteiger partial charge in [0, 0.05) is 42.6 Å². The second-order valence-electron chi connectivity index (χ2n) is 13.6. The Bertz CT molecular complexity index is 2370. The second kappa shape index (κ2) is 13.1. The molecule has 7 aromatic carbocycles. The topological polar surface area (TPSA) is 3.24 Å². The quantitative estimate of drug-likeness (QED) is 0.164. The number of rotatable bonds is 7. The smallest absolute Gasteiger partial charge is 0.0468 e. The summed E-state index contributed by atoms with van der Waals surface area (Å²) in [5.41, 5.74) is 11.4. The molecule has 0 N–H and O–H groups in total. The van der Waals surface area contributed by atoms with Crippen molar-refractivity contribution in [2.75, 3.05) is 4.90 Å². The Morgan fingerprint density at radius 1 is 0.420 bits per heavy atom. The Balaban J connectivity index is 1.19. The number of thiophene rings is 1. The zero-order chi connectivity index (χ0) is 33.3. The monoisotopic (exact) mass is 661 g/mol. The molecule has 1 heterocycles.